The van der Waals surface area contributed by atoms with Crippen LogP contribution in [0.2, 0.25) is 0 Å². The molecule has 0 spiro atoms. The maximum atomic E-state index is 12.2. The number of benzene rings is 1. The quantitative estimate of drug-likeness (QED) is 0.628. The summed E-state index contributed by atoms with van der Waals surface area (Å²) in [6, 6.07) is 14.4. The molecular formula is C22H26N6OS. The zero-order valence-corrected chi connectivity index (χ0v) is 17.9. The standard InChI is InChI=1S/C22H26N6OS/c1-27(14-17-5-3-2-4-6-17)15-18-9-11-28(12-10-18)20-8-7-19(13-23-20)21(29)25-22-26-24-16-30-22/h2-8,13,16,18H,9-12,14-15H2,1H3,(H,25,26,29). The van der Waals surface area contributed by atoms with Crippen LogP contribution in [0.5, 0.6) is 0 Å². The molecule has 0 radical (unpaired) electrons. The summed E-state index contributed by atoms with van der Waals surface area (Å²) >= 11 is 1.29. The first-order chi connectivity index (χ1) is 14.7. The van der Waals surface area contributed by atoms with E-state index in [9.17, 15) is 4.79 Å². The molecule has 1 N–H and O–H groups in total. The molecule has 3 aromatic rings. The van der Waals surface area contributed by atoms with E-state index in [0.29, 0.717) is 16.6 Å². The van der Waals surface area contributed by atoms with Gasteiger partial charge >= 0.3 is 0 Å². The fraction of sp³-hybridized carbons (Fsp3) is 0.364. The number of hydrogen-bond donors (Lipinski definition) is 1. The smallest absolute Gasteiger partial charge is 0.259 e. The Labute approximate surface area is 180 Å². The average Bonchev–Trinajstić information content (AvgIpc) is 3.28. The number of nitrogens with zero attached hydrogens (tertiary/aromatic N) is 5. The van der Waals surface area contributed by atoms with Crippen molar-refractivity contribution in [3.63, 3.8) is 0 Å². The van der Waals surface area contributed by atoms with Gasteiger partial charge < -0.3 is 9.80 Å². The summed E-state index contributed by atoms with van der Waals surface area (Å²) < 4.78 is 0. The lowest BCUT2D eigenvalue weighted by atomic mass is 9.96. The Bertz CT molecular complexity index is 924. The number of pyridine rings is 1. The molecule has 0 aliphatic carbocycles. The third kappa shape index (κ3) is 5.40. The number of anilines is 2. The summed E-state index contributed by atoms with van der Waals surface area (Å²) in [7, 11) is 2.20. The van der Waals surface area contributed by atoms with Gasteiger partial charge in [0.25, 0.3) is 5.91 Å². The van der Waals surface area contributed by atoms with E-state index in [1.807, 2.05) is 12.1 Å². The van der Waals surface area contributed by atoms with Crippen LogP contribution in [0.3, 0.4) is 0 Å². The zero-order valence-electron chi connectivity index (χ0n) is 17.1. The van der Waals surface area contributed by atoms with Crippen LogP contribution >= 0.6 is 11.3 Å². The van der Waals surface area contributed by atoms with Crippen molar-refractivity contribution in [2.45, 2.75) is 19.4 Å². The highest BCUT2D eigenvalue weighted by Crippen LogP contribution is 2.23. The van der Waals surface area contributed by atoms with E-state index in [1.165, 1.54) is 16.9 Å². The predicted molar refractivity (Wildman–Crippen MR) is 120 cm³/mol. The predicted octanol–water partition coefficient (Wildman–Crippen LogP) is 3.53. The van der Waals surface area contributed by atoms with Gasteiger partial charge in [0.15, 0.2) is 0 Å². The topological polar surface area (TPSA) is 74.2 Å². The van der Waals surface area contributed by atoms with Gasteiger partial charge in [0, 0.05) is 32.4 Å². The Morgan fingerprint density at radius 3 is 2.67 bits per heavy atom. The number of nitrogens with one attached hydrogen (secondary N) is 1. The summed E-state index contributed by atoms with van der Waals surface area (Å²) in [6.07, 6.45) is 3.94. The minimum Gasteiger partial charge on any atom is -0.357 e. The largest absolute Gasteiger partial charge is 0.357 e. The number of rotatable bonds is 7. The first-order valence-corrected chi connectivity index (χ1v) is 11.1. The van der Waals surface area contributed by atoms with Crippen molar-refractivity contribution in [2.24, 2.45) is 5.92 Å². The average molecular weight is 423 g/mol. The molecule has 30 heavy (non-hydrogen) atoms. The van der Waals surface area contributed by atoms with E-state index in [4.69, 9.17) is 0 Å². The van der Waals surface area contributed by atoms with Crippen molar-refractivity contribution in [2.75, 3.05) is 36.9 Å². The van der Waals surface area contributed by atoms with Crippen molar-refractivity contribution in [3.05, 3.63) is 65.3 Å². The molecule has 1 aliphatic rings. The molecule has 156 valence electrons. The van der Waals surface area contributed by atoms with Gasteiger partial charge in [-0.25, -0.2) is 4.98 Å². The maximum Gasteiger partial charge on any atom is 0.259 e. The van der Waals surface area contributed by atoms with Crippen molar-refractivity contribution in [1.82, 2.24) is 20.1 Å². The van der Waals surface area contributed by atoms with Crippen molar-refractivity contribution >= 4 is 28.2 Å². The lowest BCUT2D eigenvalue weighted by Crippen LogP contribution is -2.38. The molecule has 7 nitrogen and oxygen atoms in total. The molecule has 0 saturated carbocycles. The fourth-order valence-electron chi connectivity index (χ4n) is 3.85. The molecule has 2 aromatic heterocycles. The molecule has 1 saturated heterocycles. The van der Waals surface area contributed by atoms with Crippen LogP contribution in [0.25, 0.3) is 0 Å². The van der Waals surface area contributed by atoms with Gasteiger partial charge in [0.2, 0.25) is 5.13 Å². The molecule has 3 heterocycles. The Morgan fingerprint density at radius 2 is 2.00 bits per heavy atom. The molecule has 0 unspecified atom stereocenters. The summed E-state index contributed by atoms with van der Waals surface area (Å²) in [6.45, 7) is 4.09. The summed E-state index contributed by atoms with van der Waals surface area (Å²) in [5, 5.41) is 10.8. The summed E-state index contributed by atoms with van der Waals surface area (Å²) in [4.78, 5) is 21.5. The van der Waals surface area contributed by atoms with Crippen LogP contribution in [-0.2, 0) is 6.54 Å². The minimum atomic E-state index is -0.217. The summed E-state index contributed by atoms with van der Waals surface area (Å²) in [5.41, 5.74) is 3.46. The fourth-order valence-corrected chi connectivity index (χ4v) is 4.29. The molecular weight excluding hydrogens is 396 g/mol. The lowest BCUT2D eigenvalue weighted by Gasteiger charge is -2.34. The monoisotopic (exact) mass is 422 g/mol. The number of hydrogen-bond acceptors (Lipinski definition) is 7. The minimum absolute atomic E-state index is 0.217. The van der Waals surface area contributed by atoms with E-state index in [1.54, 1.807) is 11.7 Å². The highest BCUT2D eigenvalue weighted by atomic mass is 32.1. The Morgan fingerprint density at radius 1 is 1.20 bits per heavy atom. The van der Waals surface area contributed by atoms with Crippen LogP contribution in [0.4, 0.5) is 10.9 Å². The Hall–Kier alpha value is -2.84. The highest BCUT2D eigenvalue weighted by Gasteiger charge is 2.21. The Balaban J connectivity index is 1.25. The first kappa shape index (κ1) is 20.4. The van der Waals surface area contributed by atoms with Gasteiger partial charge in [0.1, 0.15) is 11.3 Å². The SMILES string of the molecule is CN(Cc1ccccc1)CC1CCN(c2ccc(C(=O)Nc3nncs3)cn2)CC1. The van der Waals surface area contributed by atoms with Gasteiger partial charge in [0.05, 0.1) is 5.56 Å². The number of carbonyl (C=O) groups is 1. The molecule has 1 aromatic carbocycles. The maximum absolute atomic E-state index is 12.2. The normalized spacial score (nSPS) is 14.8. The second-order valence-electron chi connectivity index (χ2n) is 7.72. The van der Waals surface area contributed by atoms with Crippen LogP contribution in [0, 0.1) is 5.92 Å². The molecule has 8 heteroatoms. The van der Waals surface area contributed by atoms with Gasteiger partial charge in [-0.2, -0.15) is 0 Å². The molecule has 1 aliphatic heterocycles. The van der Waals surface area contributed by atoms with Crippen LogP contribution in [0.1, 0.15) is 28.8 Å². The van der Waals surface area contributed by atoms with E-state index in [-0.39, 0.29) is 5.91 Å². The van der Waals surface area contributed by atoms with E-state index >= 15 is 0 Å². The van der Waals surface area contributed by atoms with E-state index in [2.05, 4.69) is 67.7 Å². The van der Waals surface area contributed by atoms with Gasteiger partial charge in [-0.15, -0.1) is 10.2 Å². The number of amides is 1. The number of aromatic nitrogens is 3. The molecule has 0 bridgehead atoms. The highest BCUT2D eigenvalue weighted by molar-refractivity contribution is 7.13. The molecule has 0 atom stereocenters. The van der Waals surface area contributed by atoms with Gasteiger partial charge in [-0.1, -0.05) is 41.7 Å². The number of carbonyl (C=O) groups excluding carboxylic acids is 1. The third-order valence-electron chi connectivity index (χ3n) is 5.39. The first-order valence-electron chi connectivity index (χ1n) is 10.2. The van der Waals surface area contributed by atoms with Crippen molar-refractivity contribution in [1.29, 1.82) is 0 Å². The third-order valence-corrected chi connectivity index (χ3v) is 6.00. The van der Waals surface area contributed by atoms with Crippen molar-refractivity contribution < 1.29 is 4.79 Å². The zero-order chi connectivity index (χ0) is 20.8. The van der Waals surface area contributed by atoms with Crippen LogP contribution in [-0.4, -0.2) is 52.7 Å². The second-order valence-corrected chi connectivity index (χ2v) is 8.55. The van der Waals surface area contributed by atoms with Crippen molar-refractivity contribution in [3.8, 4) is 0 Å². The van der Waals surface area contributed by atoms with Gasteiger partial charge in [-0.05, 0) is 43.5 Å². The van der Waals surface area contributed by atoms with E-state index < -0.39 is 0 Å². The lowest BCUT2D eigenvalue weighted by molar-refractivity contribution is 0.102. The van der Waals surface area contributed by atoms with Gasteiger partial charge in [-0.3, -0.25) is 10.1 Å². The van der Waals surface area contributed by atoms with Crippen LogP contribution < -0.4 is 10.2 Å². The molecule has 1 fully saturated rings. The van der Waals surface area contributed by atoms with Crippen LogP contribution in [0.15, 0.2) is 54.2 Å². The molecule has 1 amide bonds. The van der Waals surface area contributed by atoms with E-state index in [0.717, 1.165) is 44.8 Å². The second kappa shape index (κ2) is 9.77. The summed E-state index contributed by atoms with van der Waals surface area (Å²) in [5.74, 6) is 1.41. The Kier molecular flexibility index (Phi) is 6.66. The number of piperidine rings is 1. The molecule has 4 rings (SSSR count).